The number of hydrogen-bond donors (Lipinski definition) is 2. The Morgan fingerprint density at radius 1 is 1.25 bits per heavy atom. The van der Waals surface area contributed by atoms with Crippen LogP contribution in [0, 0.1) is 11.3 Å². The highest BCUT2D eigenvalue weighted by atomic mass is 16.2. The zero-order valence-electron chi connectivity index (χ0n) is 14.1. The predicted molar refractivity (Wildman–Crippen MR) is 85.7 cm³/mol. The summed E-state index contributed by atoms with van der Waals surface area (Å²) in [5.74, 6) is 0.859. The van der Waals surface area contributed by atoms with Crippen LogP contribution in [0.25, 0.3) is 0 Å². The van der Waals surface area contributed by atoms with E-state index < -0.39 is 0 Å². The van der Waals surface area contributed by atoms with Gasteiger partial charge >= 0.3 is 0 Å². The van der Waals surface area contributed by atoms with Crippen LogP contribution in [0.1, 0.15) is 73.1 Å². The molecule has 0 aromatic rings. The van der Waals surface area contributed by atoms with Crippen molar-refractivity contribution in [1.82, 2.24) is 10.6 Å². The number of hydrogen-bond acceptors (Lipinski definition) is 2. The summed E-state index contributed by atoms with van der Waals surface area (Å²) in [5, 5.41) is 6.49. The largest absolute Gasteiger partial charge is 0.350 e. The molecule has 0 bridgehead atoms. The maximum absolute atomic E-state index is 11.9. The molecule has 3 heteroatoms. The second-order valence-electron chi connectivity index (χ2n) is 7.69. The van der Waals surface area contributed by atoms with Crippen molar-refractivity contribution in [2.24, 2.45) is 11.3 Å². The molecule has 118 valence electrons. The van der Waals surface area contributed by atoms with Crippen molar-refractivity contribution in [3.8, 4) is 0 Å². The van der Waals surface area contributed by atoms with Crippen molar-refractivity contribution in [1.29, 1.82) is 0 Å². The van der Waals surface area contributed by atoms with Crippen LogP contribution in [0.5, 0.6) is 0 Å². The Labute approximate surface area is 125 Å². The smallest absolute Gasteiger partial charge is 0.234 e. The van der Waals surface area contributed by atoms with Crippen molar-refractivity contribution in [2.75, 3.05) is 13.1 Å². The first-order valence-electron chi connectivity index (χ1n) is 8.30. The molecule has 0 unspecified atom stereocenters. The SMILES string of the molecule is CCC(C)(C)NC(=O)CNCC1(CC(C)C)CCCC1. The average molecular weight is 282 g/mol. The molecular formula is C17H34N2O. The quantitative estimate of drug-likeness (QED) is 0.715. The minimum atomic E-state index is -0.0955. The van der Waals surface area contributed by atoms with Crippen LogP contribution in [-0.2, 0) is 4.79 Å². The van der Waals surface area contributed by atoms with E-state index in [2.05, 4.69) is 45.3 Å². The van der Waals surface area contributed by atoms with E-state index in [1.807, 2.05) is 0 Å². The molecule has 20 heavy (non-hydrogen) atoms. The highest BCUT2D eigenvalue weighted by Crippen LogP contribution is 2.42. The lowest BCUT2D eigenvalue weighted by molar-refractivity contribution is -0.121. The molecule has 0 radical (unpaired) electrons. The second-order valence-corrected chi connectivity index (χ2v) is 7.69. The van der Waals surface area contributed by atoms with E-state index in [4.69, 9.17) is 0 Å². The van der Waals surface area contributed by atoms with Crippen molar-refractivity contribution >= 4 is 5.91 Å². The fourth-order valence-electron chi connectivity index (χ4n) is 3.40. The molecule has 0 saturated heterocycles. The van der Waals surface area contributed by atoms with Crippen LogP contribution in [0.3, 0.4) is 0 Å². The summed E-state index contributed by atoms with van der Waals surface area (Å²) in [5.41, 5.74) is 0.344. The topological polar surface area (TPSA) is 41.1 Å². The zero-order valence-corrected chi connectivity index (χ0v) is 14.1. The molecule has 1 amide bonds. The first-order chi connectivity index (χ1) is 9.29. The van der Waals surface area contributed by atoms with Crippen LogP contribution in [0.4, 0.5) is 0 Å². The summed E-state index contributed by atoms with van der Waals surface area (Å²) < 4.78 is 0. The molecule has 1 fully saturated rings. The first kappa shape index (κ1) is 17.5. The lowest BCUT2D eigenvalue weighted by Gasteiger charge is -2.31. The number of nitrogens with one attached hydrogen (secondary N) is 2. The number of carbonyl (C=O) groups excluding carboxylic acids is 1. The van der Waals surface area contributed by atoms with Gasteiger partial charge in [-0.05, 0) is 50.9 Å². The van der Waals surface area contributed by atoms with Gasteiger partial charge in [0.05, 0.1) is 6.54 Å². The van der Waals surface area contributed by atoms with Gasteiger partial charge in [0, 0.05) is 12.1 Å². The summed E-state index contributed by atoms with van der Waals surface area (Å²) in [6.45, 7) is 12.3. The highest BCUT2D eigenvalue weighted by Gasteiger charge is 2.34. The zero-order chi connectivity index (χ0) is 15.2. The van der Waals surface area contributed by atoms with E-state index in [1.165, 1.54) is 32.1 Å². The minimum absolute atomic E-state index is 0.0955. The van der Waals surface area contributed by atoms with Crippen LogP contribution < -0.4 is 10.6 Å². The average Bonchev–Trinajstić information content (AvgIpc) is 2.76. The normalized spacial score (nSPS) is 18.5. The number of rotatable bonds is 8. The Morgan fingerprint density at radius 2 is 1.85 bits per heavy atom. The van der Waals surface area contributed by atoms with Crippen LogP contribution in [-0.4, -0.2) is 24.5 Å². The number of amides is 1. The van der Waals surface area contributed by atoms with Gasteiger partial charge in [-0.15, -0.1) is 0 Å². The van der Waals surface area contributed by atoms with Gasteiger partial charge in [-0.25, -0.2) is 0 Å². The van der Waals surface area contributed by atoms with E-state index in [9.17, 15) is 4.79 Å². The lowest BCUT2D eigenvalue weighted by atomic mass is 9.78. The van der Waals surface area contributed by atoms with E-state index >= 15 is 0 Å². The van der Waals surface area contributed by atoms with E-state index in [0.717, 1.165) is 18.9 Å². The fraction of sp³-hybridized carbons (Fsp3) is 0.941. The summed E-state index contributed by atoms with van der Waals surface area (Å²) in [4.78, 5) is 11.9. The molecule has 3 nitrogen and oxygen atoms in total. The molecule has 1 saturated carbocycles. The maximum atomic E-state index is 11.9. The summed E-state index contributed by atoms with van der Waals surface area (Å²) in [6, 6.07) is 0. The third-order valence-electron chi connectivity index (χ3n) is 4.65. The Bertz CT molecular complexity index is 304. The Morgan fingerprint density at radius 3 is 2.35 bits per heavy atom. The molecular weight excluding hydrogens is 248 g/mol. The van der Waals surface area contributed by atoms with Gasteiger partial charge in [0.25, 0.3) is 0 Å². The molecule has 0 aromatic heterocycles. The van der Waals surface area contributed by atoms with Gasteiger partial charge in [-0.1, -0.05) is 33.6 Å². The molecule has 0 aliphatic heterocycles. The van der Waals surface area contributed by atoms with Gasteiger partial charge in [0.2, 0.25) is 5.91 Å². The molecule has 0 aromatic carbocycles. The van der Waals surface area contributed by atoms with Gasteiger partial charge in [0.1, 0.15) is 0 Å². The van der Waals surface area contributed by atoms with Gasteiger partial charge in [-0.2, -0.15) is 0 Å². The minimum Gasteiger partial charge on any atom is -0.350 e. The maximum Gasteiger partial charge on any atom is 0.234 e. The molecule has 0 heterocycles. The summed E-state index contributed by atoms with van der Waals surface area (Å²) >= 11 is 0. The van der Waals surface area contributed by atoms with Crippen LogP contribution in [0.15, 0.2) is 0 Å². The van der Waals surface area contributed by atoms with Gasteiger partial charge in [-0.3, -0.25) is 4.79 Å². The van der Waals surface area contributed by atoms with Crippen LogP contribution >= 0.6 is 0 Å². The van der Waals surface area contributed by atoms with E-state index in [-0.39, 0.29) is 11.4 Å². The Balaban J connectivity index is 2.36. The van der Waals surface area contributed by atoms with E-state index in [1.54, 1.807) is 0 Å². The van der Waals surface area contributed by atoms with Crippen molar-refractivity contribution < 1.29 is 4.79 Å². The predicted octanol–water partition coefficient (Wildman–Crippen LogP) is 3.49. The molecule has 0 spiro atoms. The monoisotopic (exact) mass is 282 g/mol. The highest BCUT2D eigenvalue weighted by molar-refractivity contribution is 5.78. The van der Waals surface area contributed by atoms with Gasteiger partial charge < -0.3 is 10.6 Å². The molecule has 2 N–H and O–H groups in total. The second kappa shape index (κ2) is 7.44. The van der Waals surface area contributed by atoms with Crippen LogP contribution in [0.2, 0.25) is 0 Å². The van der Waals surface area contributed by atoms with Gasteiger partial charge in [0.15, 0.2) is 0 Å². The third-order valence-corrected chi connectivity index (χ3v) is 4.65. The van der Waals surface area contributed by atoms with E-state index in [0.29, 0.717) is 12.0 Å². The lowest BCUT2D eigenvalue weighted by Crippen LogP contribution is -2.47. The Hall–Kier alpha value is -0.570. The summed E-state index contributed by atoms with van der Waals surface area (Å²) in [7, 11) is 0. The number of carbonyl (C=O) groups is 1. The van der Waals surface area contributed by atoms with Crippen molar-refractivity contribution in [2.45, 2.75) is 78.7 Å². The Kier molecular flexibility index (Phi) is 6.50. The first-order valence-corrected chi connectivity index (χ1v) is 8.30. The van der Waals surface area contributed by atoms with Crippen molar-refractivity contribution in [3.05, 3.63) is 0 Å². The molecule has 1 aliphatic rings. The van der Waals surface area contributed by atoms with Crippen molar-refractivity contribution in [3.63, 3.8) is 0 Å². The standard InChI is InChI=1S/C17H34N2O/c1-6-16(4,5)19-15(20)12-18-13-17(11-14(2)3)9-7-8-10-17/h14,18H,6-13H2,1-5H3,(H,19,20). The summed E-state index contributed by atoms with van der Waals surface area (Å²) in [6.07, 6.45) is 7.57. The molecule has 1 aliphatic carbocycles. The molecule has 0 atom stereocenters. The fourth-order valence-corrected chi connectivity index (χ4v) is 3.40. The molecule has 1 rings (SSSR count). The third kappa shape index (κ3) is 5.82.